The Morgan fingerprint density at radius 1 is 1.37 bits per heavy atom. The van der Waals surface area contributed by atoms with E-state index >= 15 is 0 Å². The van der Waals surface area contributed by atoms with Crippen LogP contribution in [0.3, 0.4) is 0 Å². The van der Waals surface area contributed by atoms with Crippen LogP contribution in [0, 0.1) is 13.7 Å². The van der Waals surface area contributed by atoms with Crippen molar-refractivity contribution >= 4 is 63.0 Å². The van der Waals surface area contributed by atoms with E-state index in [2.05, 4.69) is 37.9 Å². The first-order chi connectivity index (χ1) is 8.97. The van der Waals surface area contributed by atoms with Crippen LogP contribution in [0.1, 0.15) is 0 Å². The molecule has 6 nitrogen and oxygen atoms in total. The molecule has 0 fully saturated rings. The number of nitro groups is 1. The molecular weight excluding hydrogens is 406 g/mol. The lowest BCUT2D eigenvalue weighted by molar-refractivity contribution is -0.384. The molecule has 2 rings (SSSR count). The van der Waals surface area contributed by atoms with Gasteiger partial charge in [0, 0.05) is 3.57 Å². The van der Waals surface area contributed by atoms with Crippen molar-refractivity contribution in [3.05, 3.63) is 48.4 Å². The minimum absolute atomic E-state index is 0.00565. The third-order valence-electron chi connectivity index (χ3n) is 2.12. The molecule has 0 radical (unpaired) electrons. The van der Waals surface area contributed by atoms with E-state index in [9.17, 15) is 10.1 Å². The Morgan fingerprint density at radius 2 is 2.11 bits per heavy atom. The Labute approximate surface area is 131 Å². The first kappa shape index (κ1) is 14.2. The van der Waals surface area contributed by atoms with Gasteiger partial charge in [-0.1, -0.05) is 11.6 Å². The molecule has 0 aliphatic heterocycles. The van der Waals surface area contributed by atoms with E-state index in [1.807, 2.05) is 6.07 Å². The number of hydrogen-bond acceptors (Lipinski definition) is 5. The minimum Gasteiger partial charge on any atom is -0.333 e. The highest BCUT2D eigenvalue weighted by Crippen LogP contribution is 2.30. The van der Waals surface area contributed by atoms with Crippen molar-refractivity contribution in [3.8, 4) is 0 Å². The van der Waals surface area contributed by atoms with E-state index in [-0.39, 0.29) is 16.8 Å². The molecule has 1 N–H and O–H groups in total. The number of nitrogens with zero attached hydrogens (tertiary/aromatic N) is 3. The van der Waals surface area contributed by atoms with Gasteiger partial charge in [0.1, 0.15) is 6.20 Å². The van der Waals surface area contributed by atoms with Gasteiger partial charge in [-0.2, -0.15) is 4.98 Å². The van der Waals surface area contributed by atoms with Crippen LogP contribution < -0.4 is 5.32 Å². The summed E-state index contributed by atoms with van der Waals surface area (Å²) < 4.78 is 0.923. The zero-order valence-corrected chi connectivity index (χ0v) is 12.8. The van der Waals surface area contributed by atoms with Crippen molar-refractivity contribution in [2.24, 2.45) is 0 Å². The van der Waals surface area contributed by atoms with Crippen LogP contribution in [0.4, 0.5) is 17.2 Å². The smallest absolute Gasteiger partial charge is 0.329 e. The monoisotopic (exact) mass is 410 g/mol. The number of aromatic nitrogens is 2. The third-order valence-corrected chi connectivity index (χ3v) is 3.30. The van der Waals surface area contributed by atoms with E-state index in [1.165, 1.54) is 0 Å². The fourth-order valence-electron chi connectivity index (χ4n) is 1.30. The van der Waals surface area contributed by atoms with Crippen molar-refractivity contribution in [2.45, 2.75) is 0 Å². The third kappa shape index (κ3) is 3.43. The fourth-order valence-corrected chi connectivity index (χ4v) is 2.09. The van der Waals surface area contributed by atoms with Gasteiger partial charge in [-0.25, -0.2) is 4.98 Å². The molecule has 9 heteroatoms. The predicted octanol–water partition coefficient (Wildman–Crippen LogP) is 4.04. The SMILES string of the molecule is O=[N+]([O-])c1cnc(Cl)nc1Nc1cc(I)ccc1Cl. The largest absolute Gasteiger partial charge is 0.333 e. The summed E-state index contributed by atoms with van der Waals surface area (Å²) in [7, 11) is 0. The molecule has 2 aromatic rings. The highest BCUT2D eigenvalue weighted by molar-refractivity contribution is 14.1. The Balaban J connectivity index is 2.45. The van der Waals surface area contributed by atoms with Gasteiger partial charge in [-0.15, -0.1) is 0 Å². The normalized spacial score (nSPS) is 10.3. The minimum atomic E-state index is -0.597. The lowest BCUT2D eigenvalue weighted by Crippen LogP contribution is -2.01. The predicted molar refractivity (Wildman–Crippen MR) is 81.1 cm³/mol. The van der Waals surface area contributed by atoms with Crippen molar-refractivity contribution in [1.82, 2.24) is 9.97 Å². The molecule has 0 saturated carbocycles. The fraction of sp³-hybridized carbons (Fsp3) is 0. The van der Waals surface area contributed by atoms with E-state index in [0.717, 1.165) is 9.77 Å². The Kier molecular flexibility index (Phi) is 4.38. The molecule has 0 atom stereocenters. The van der Waals surface area contributed by atoms with Crippen LogP contribution in [0.25, 0.3) is 0 Å². The van der Waals surface area contributed by atoms with Crippen molar-refractivity contribution in [2.75, 3.05) is 5.32 Å². The number of nitrogens with one attached hydrogen (secondary N) is 1. The highest BCUT2D eigenvalue weighted by atomic mass is 127. The number of rotatable bonds is 3. The summed E-state index contributed by atoms with van der Waals surface area (Å²) >= 11 is 13.7. The van der Waals surface area contributed by atoms with E-state index < -0.39 is 4.92 Å². The summed E-state index contributed by atoms with van der Waals surface area (Å²) in [6, 6.07) is 5.23. The van der Waals surface area contributed by atoms with E-state index in [0.29, 0.717) is 10.7 Å². The van der Waals surface area contributed by atoms with Crippen LogP contribution in [0.5, 0.6) is 0 Å². The second-order valence-electron chi connectivity index (χ2n) is 3.38. The summed E-state index contributed by atoms with van der Waals surface area (Å²) in [4.78, 5) is 17.7. The van der Waals surface area contributed by atoms with Crippen molar-refractivity contribution in [3.63, 3.8) is 0 Å². The maximum atomic E-state index is 10.9. The van der Waals surface area contributed by atoms with Crippen LogP contribution >= 0.6 is 45.8 Å². The summed E-state index contributed by atoms with van der Waals surface area (Å²) in [6.45, 7) is 0. The Morgan fingerprint density at radius 3 is 2.79 bits per heavy atom. The molecular formula is C10H5Cl2IN4O2. The molecule has 0 spiro atoms. The van der Waals surface area contributed by atoms with E-state index in [1.54, 1.807) is 12.1 Å². The van der Waals surface area contributed by atoms with Gasteiger partial charge in [0.05, 0.1) is 15.6 Å². The second kappa shape index (κ2) is 5.85. The maximum absolute atomic E-state index is 10.9. The van der Waals surface area contributed by atoms with E-state index in [4.69, 9.17) is 23.2 Å². The Bertz CT molecular complexity index is 653. The molecule has 0 aliphatic carbocycles. The first-order valence-electron chi connectivity index (χ1n) is 4.86. The number of halogens is 3. The molecule has 0 bridgehead atoms. The molecule has 0 aliphatic rings. The van der Waals surface area contributed by atoms with Gasteiger partial charge < -0.3 is 5.32 Å². The number of benzene rings is 1. The summed E-state index contributed by atoms with van der Waals surface area (Å²) in [5.74, 6) is -0.00565. The number of hydrogen-bond donors (Lipinski definition) is 1. The van der Waals surface area contributed by atoms with Gasteiger partial charge >= 0.3 is 5.69 Å². The summed E-state index contributed by atoms with van der Waals surface area (Å²) in [5.41, 5.74) is 0.228. The summed E-state index contributed by atoms with van der Waals surface area (Å²) in [6.07, 6.45) is 1.04. The zero-order valence-electron chi connectivity index (χ0n) is 9.10. The van der Waals surface area contributed by atoms with Crippen LogP contribution in [0.15, 0.2) is 24.4 Å². The lowest BCUT2D eigenvalue weighted by atomic mass is 10.3. The van der Waals surface area contributed by atoms with Gasteiger partial charge in [0.2, 0.25) is 11.1 Å². The average molecular weight is 411 g/mol. The standard InChI is InChI=1S/C10H5Cl2IN4O2/c11-6-2-1-5(13)3-7(6)15-9-8(17(18)19)4-14-10(12)16-9/h1-4H,(H,14,15,16). The van der Waals surface area contributed by atoms with Crippen LogP contribution in [-0.2, 0) is 0 Å². The van der Waals surface area contributed by atoms with Gasteiger partial charge in [0.25, 0.3) is 0 Å². The van der Waals surface area contributed by atoms with Gasteiger partial charge in [-0.05, 0) is 52.4 Å². The maximum Gasteiger partial charge on any atom is 0.329 e. The molecule has 1 aromatic heterocycles. The first-order valence-corrected chi connectivity index (χ1v) is 6.70. The topological polar surface area (TPSA) is 81.0 Å². The second-order valence-corrected chi connectivity index (χ2v) is 5.37. The van der Waals surface area contributed by atoms with Gasteiger partial charge in [0.15, 0.2) is 0 Å². The number of anilines is 2. The lowest BCUT2D eigenvalue weighted by Gasteiger charge is -2.08. The van der Waals surface area contributed by atoms with Crippen LogP contribution in [0.2, 0.25) is 10.3 Å². The van der Waals surface area contributed by atoms with Gasteiger partial charge in [-0.3, -0.25) is 10.1 Å². The highest BCUT2D eigenvalue weighted by Gasteiger charge is 2.18. The zero-order chi connectivity index (χ0) is 14.0. The molecule has 19 heavy (non-hydrogen) atoms. The molecule has 1 aromatic carbocycles. The van der Waals surface area contributed by atoms with Crippen LogP contribution in [-0.4, -0.2) is 14.9 Å². The van der Waals surface area contributed by atoms with Crippen molar-refractivity contribution < 1.29 is 4.92 Å². The molecule has 0 saturated heterocycles. The quantitative estimate of drug-likeness (QED) is 0.357. The molecule has 1 heterocycles. The Hall–Kier alpha value is -1.19. The average Bonchev–Trinajstić information content (AvgIpc) is 2.33. The summed E-state index contributed by atoms with van der Waals surface area (Å²) in [5, 5.41) is 14.0. The molecule has 0 amide bonds. The molecule has 98 valence electrons. The molecule has 0 unspecified atom stereocenters. The van der Waals surface area contributed by atoms with Crippen molar-refractivity contribution in [1.29, 1.82) is 0 Å².